The van der Waals surface area contributed by atoms with E-state index in [4.69, 9.17) is 40.5 Å². The average molecular weight is 275 g/mol. The van der Waals surface area contributed by atoms with Crippen LogP contribution >= 0.6 is 34.8 Å². The van der Waals surface area contributed by atoms with Crippen LogP contribution in [0.3, 0.4) is 0 Å². The number of alkyl halides is 3. The smallest absolute Gasteiger partial charge is 0.216 e. The van der Waals surface area contributed by atoms with Crippen LogP contribution in [-0.2, 0) is 14.5 Å². The summed E-state index contributed by atoms with van der Waals surface area (Å²) in [6.45, 7) is 0. The highest BCUT2D eigenvalue weighted by Crippen LogP contribution is 2.39. The summed E-state index contributed by atoms with van der Waals surface area (Å²) in [4.78, 5) is 0.0290. The maximum Gasteiger partial charge on any atom is 0.216 e. The Bertz CT molecular complexity index is 417. The van der Waals surface area contributed by atoms with Gasteiger partial charge in [0.15, 0.2) is 10.7 Å². The van der Waals surface area contributed by atoms with Crippen LogP contribution < -0.4 is 5.73 Å². The first-order valence-electron chi connectivity index (χ1n) is 3.43. The summed E-state index contributed by atoms with van der Waals surface area (Å²) in [5.41, 5.74) is 5.92. The SMILES string of the molecule is Nc1cc([SH](=O)=O)cc(C(Cl)(Cl)Cl)c1. The van der Waals surface area contributed by atoms with E-state index in [0.29, 0.717) is 0 Å². The van der Waals surface area contributed by atoms with Gasteiger partial charge in [-0.2, -0.15) is 0 Å². The van der Waals surface area contributed by atoms with Crippen molar-refractivity contribution in [2.24, 2.45) is 0 Å². The van der Waals surface area contributed by atoms with E-state index in [9.17, 15) is 8.42 Å². The van der Waals surface area contributed by atoms with Crippen molar-refractivity contribution in [1.82, 2.24) is 0 Å². The molecule has 0 aliphatic carbocycles. The standard InChI is InChI=1S/C7H6Cl3NO2S/c8-7(9,10)4-1-5(11)3-6(2-4)14(12)13/h1-3,14H,11H2. The van der Waals surface area contributed by atoms with Gasteiger partial charge in [-0.25, -0.2) is 8.42 Å². The molecule has 1 aromatic carbocycles. The highest BCUT2D eigenvalue weighted by atomic mass is 35.6. The number of hydrogen-bond acceptors (Lipinski definition) is 3. The highest BCUT2D eigenvalue weighted by molar-refractivity contribution is 7.72. The summed E-state index contributed by atoms with van der Waals surface area (Å²) in [6, 6.07) is 3.98. The van der Waals surface area contributed by atoms with Crippen LogP contribution in [0.25, 0.3) is 0 Å². The monoisotopic (exact) mass is 273 g/mol. The van der Waals surface area contributed by atoms with Crippen molar-refractivity contribution in [3.63, 3.8) is 0 Å². The zero-order valence-corrected chi connectivity index (χ0v) is 9.87. The van der Waals surface area contributed by atoms with Crippen LogP contribution in [-0.4, -0.2) is 8.42 Å². The average Bonchev–Trinajstić information content (AvgIpc) is 2.01. The molecule has 0 aromatic heterocycles. The fourth-order valence-corrected chi connectivity index (χ4v) is 1.73. The minimum Gasteiger partial charge on any atom is -0.399 e. The molecular formula is C7H6Cl3NO2S. The van der Waals surface area contributed by atoms with Gasteiger partial charge in [0.2, 0.25) is 3.79 Å². The largest absolute Gasteiger partial charge is 0.399 e. The van der Waals surface area contributed by atoms with Crippen molar-refractivity contribution in [1.29, 1.82) is 0 Å². The van der Waals surface area contributed by atoms with Crippen molar-refractivity contribution in [2.45, 2.75) is 8.69 Å². The molecule has 3 nitrogen and oxygen atoms in total. The molecule has 0 saturated heterocycles. The number of benzene rings is 1. The predicted molar refractivity (Wildman–Crippen MR) is 58.7 cm³/mol. The number of nitrogens with two attached hydrogens (primary N) is 1. The van der Waals surface area contributed by atoms with Crippen molar-refractivity contribution in [2.75, 3.05) is 5.73 Å². The van der Waals surface area contributed by atoms with Crippen molar-refractivity contribution in [3.8, 4) is 0 Å². The molecule has 0 bridgehead atoms. The third-order valence-electron chi connectivity index (χ3n) is 1.48. The molecule has 0 radical (unpaired) electrons. The molecule has 0 heterocycles. The summed E-state index contributed by atoms with van der Waals surface area (Å²) >= 11 is 16.8. The second-order valence-corrected chi connectivity index (χ2v) is 5.88. The lowest BCUT2D eigenvalue weighted by Gasteiger charge is -2.12. The maximum absolute atomic E-state index is 10.7. The first kappa shape index (κ1) is 11.9. The van der Waals surface area contributed by atoms with Gasteiger partial charge in [-0.15, -0.1) is 0 Å². The van der Waals surface area contributed by atoms with Gasteiger partial charge in [-0.3, -0.25) is 0 Å². The second kappa shape index (κ2) is 4.14. The molecule has 0 spiro atoms. The van der Waals surface area contributed by atoms with E-state index in [1.165, 1.54) is 18.2 Å². The van der Waals surface area contributed by atoms with Crippen LogP contribution in [0.5, 0.6) is 0 Å². The third-order valence-corrected chi connectivity index (χ3v) is 2.81. The van der Waals surface area contributed by atoms with Gasteiger partial charge in [-0.05, 0) is 18.2 Å². The van der Waals surface area contributed by atoms with Crippen molar-refractivity contribution >= 4 is 51.2 Å². The zero-order chi connectivity index (χ0) is 10.9. The summed E-state index contributed by atoms with van der Waals surface area (Å²) in [5.74, 6) is 0. The fraction of sp³-hybridized carbons (Fsp3) is 0.143. The Balaban J connectivity index is 3.35. The van der Waals surface area contributed by atoms with E-state index in [-0.39, 0.29) is 16.1 Å². The van der Waals surface area contributed by atoms with E-state index in [2.05, 4.69) is 0 Å². The minimum absolute atomic E-state index is 0.0290. The quantitative estimate of drug-likeness (QED) is 0.468. The molecule has 14 heavy (non-hydrogen) atoms. The predicted octanol–water partition coefficient (Wildman–Crippen LogP) is 2.07. The van der Waals surface area contributed by atoms with Gasteiger partial charge < -0.3 is 5.73 Å². The Labute approximate surface area is 97.7 Å². The Kier molecular flexibility index (Phi) is 3.53. The second-order valence-electron chi connectivity index (χ2n) is 2.57. The molecule has 1 rings (SSSR count). The molecule has 2 N–H and O–H groups in total. The summed E-state index contributed by atoms with van der Waals surface area (Å²) < 4.78 is 19.7. The Morgan fingerprint density at radius 3 is 2.14 bits per heavy atom. The Hall–Kier alpha value is -0.160. The van der Waals surface area contributed by atoms with Gasteiger partial charge in [0.25, 0.3) is 0 Å². The number of hydrogen-bond donors (Lipinski definition) is 2. The number of nitrogen functional groups attached to an aromatic ring is 1. The van der Waals surface area contributed by atoms with E-state index < -0.39 is 14.5 Å². The van der Waals surface area contributed by atoms with Crippen molar-refractivity contribution < 1.29 is 8.42 Å². The first-order valence-corrected chi connectivity index (χ1v) is 5.74. The van der Waals surface area contributed by atoms with Gasteiger partial charge in [0, 0.05) is 11.3 Å². The Morgan fingerprint density at radius 2 is 1.71 bits per heavy atom. The molecule has 1 aromatic rings. The molecule has 0 atom stereocenters. The maximum atomic E-state index is 10.7. The van der Waals surface area contributed by atoms with E-state index in [1.807, 2.05) is 0 Å². The molecule has 0 fully saturated rings. The van der Waals surface area contributed by atoms with Crippen LogP contribution in [0.1, 0.15) is 5.56 Å². The van der Waals surface area contributed by atoms with Crippen LogP contribution in [0.15, 0.2) is 23.1 Å². The zero-order valence-electron chi connectivity index (χ0n) is 6.71. The van der Waals surface area contributed by atoms with Crippen LogP contribution in [0.4, 0.5) is 5.69 Å². The lowest BCUT2D eigenvalue weighted by Crippen LogP contribution is -2.02. The topological polar surface area (TPSA) is 60.2 Å². The highest BCUT2D eigenvalue weighted by Gasteiger charge is 2.23. The van der Waals surface area contributed by atoms with Gasteiger partial charge in [-0.1, -0.05) is 34.8 Å². The molecule has 0 unspecified atom stereocenters. The number of halogens is 3. The van der Waals surface area contributed by atoms with Gasteiger partial charge in [0.1, 0.15) is 0 Å². The molecule has 0 saturated carbocycles. The summed E-state index contributed by atoms with van der Waals surface area (Å²) in [7, 11) is -2.73. The lowest BCUT2D eigenvalue weighted by atomic mass is 10.2. The molecule has 0 aliphatic rings. The third kappa shape index (κ3) is 2.92. The number of anilines is 1. The van der Waals surface area contributed by atoms with E-state index in [1.54, 1.807) is 0 Å². The molecule has 0 amide bonds. The summed E-state index contributed by atoms with van der Waals surface area (Å²) in [5, 5.41) is 0. The molecular weight excluding hydrogens is 269 g/mol. The van der Waals surface area contributed by atoms with Gasteiger partial charge in [0.05, 0.1) is 4.90 Å². The number of thiol groups is 1. The Morgan fingerprint density at radius 1 is 1.14 bits per heavy atom. The minimum atomic E-state index is -2.73. The van der Waals surface area contributed by atoms with E-state index >= 15 is 0 Å². The fourth-order valence-electron chi connectivity index (χ4n) is 0.904. The molecule has 7 heteroatoms. The molecule has 78 valence electrons. The van der Waals surface area contributed by atoms with E-state index in [0.717, 1.165) is 0 Å². The lowest BCUT2D eigenvalue weighted by molar-refractivity contribution is 0.614. The normalized spacial score (nSPS) is 12.0. The summed E-state index contributed by atoms with van der Waals surface area (Å²) in [6.07, 6.45) is 0. The van der Waals surface area contributed by atoms with Crippen LogP contribution in [0.2, 0.25) is 0 Å². The first-order chi connectivity index (χ1) is 6.30. The molecule has 0 aliphatic heterocycles. The number of rotatable bonds is 1. The van der Waals surface area contributed by atoms with Crippen molar-refractivity contribution in [3.05, 3.63) is 23.8 Å². The van der Waals surface area contributed by atoms with Gasteiger partial charge >= 0.3 is 0 Å². The van der Waals surface area contributed by atoms with Crippen LogP contribution in [0, 0.1) is 0 Å².